The predicted octanol–water partition coefficient (Wildman–Crippen LogP) is 2.91. The van der Waals surface area contributed by atoms with E-state index in [0.717, 1.165) is 17.1 Å². The number of hydrazone groups is 1. The summed E-state index contributed by atoms with van der Waals surface area (Å²) in [6.45, 7) is 0. The molecule has 1 aromatic heterocycles. The first-order valence-corrected chi connectivity index (χ1v) is 6.72. The summed E-state index contributed by atoms with van der Waals surface area (Å²) in [5, 5.41) is 4.43. The zero-order valence-electron chi connectivity index (χ0n) is 11.1. The van der Waals surface area contributed by atoms with Gasteiger partial charge in [-0.2, -0.15) is 5.10 Å². The van der Waals surface area contributed by atoms with Crippen LogP contribution in [0.5, 0.6) is 0 Å². The molecule has 2 aliphatic rings. The molecule has 1 N–H and O–H groups in total. The Balaban J connectivity index is 1.67. The Bertz CT molecular complexity index is 741. The van der Waals surface area contributed by atoms with Gasteiger partial charge in [0.15, 0.2) is 5.84 Å². The van der Waals surface area contributed by atoms with Crippen LogP contribution in [-0.4, -0.2) is 15.3 Å². The summed E-state index contributed by atoms with van der Waals surface area (Å²) in [4.78, 5) is 2.04. The molecule has 0 fully saturated rings. The van der Waals surface area contributed by atoms with Gasteiger partial charge in [0.25, 0.3) is 0 Å². The third-order valence-corrected chi connectivity index (χ3v) is 3.61. The summed E-state index contributed by atoms with van der Waals surface area (Å²) >= 11 is 0. The van der Waals surface area contributed by atoms with Crippen molar-refractivity contribution in [2.75, 3.05) is 0 Å². The standard InChI is InChI=1S/C16H13FN4/c17-13-7-5-12(6-8-13)15-18-19-16-14(4-3-11-21(15)16)20-9-1-2-10-20/h1-11,15,18H. The van der Waals surface area contributed by atoms with E-state index in [-0.39, 0.29) is 12.0 Å². The molecule has 0 bridgehead atoms. The number of nitrogens with one attached hydrogen (secondary N) is 1. The molecule has 0 saturated carbocycles. The molecule has 0 aliphatic carbocycles. The van der Waals surface area contributed by atoms with Gasteiger partial charge in [0.1, 0.15) is 12.0 Å². The van der Waals surface area contributed by atoms with E-state index in [9.17, 15) is 4.39 Å². The van der Waals surface area contributed by atoms with Gasteiger partial charge >= 0.3 is 0 Å². The van der Waals surface area contributed by atoms with Crippen molar-refractivity contribution < 1.29 is 4.39 Å². The second-order valence-corrected chi connectivity index (χ2v) is 4.91. The minimum Gasteiger partial charge on any atom is -0.321 e. The zero-order chi connectivity index (χ0) is 14.2. The second-order valence-electron chi connectivity index (χ2n) is 4.91. The van der Waals surface area contributed by atoms with Crippen LogP contribution < -0.4 is 5.43 Å². The van der Waals surface area contributed by atoms with E-state index in [0.29, 0.717) is 0 Å². The largest absolute Gasteiger partial charge is 0.321 e. The van der Waals surface area contributed by atoms with Crippen LogP contribution in [0.3, 0.4) is 0 Å². The van der Waals surface area contributed by atoms with E-state index in [4.69, 9.17) is 0 Å². The smallest absolute Gasteiger partial charge is 0.178 e. The molecule has 0 saturated heterocycles. The minimum absolute atomic E-state index is 0.115. The maximum Gasteiger partial charge on any atom is 0.178 e. The van der Waals surface area contributed by atoms with Gasteiger partial charge in [-0.05, 0) is 42.0 Å². The number of allylic oxidation sites excluding steroid dienone is 2. The van der Waals surface area contributed by atoms with Gasteiger partial charge < -0.3 is 9.47 Å². The second kappa shape index (κ2) is 4.63. The Morgan fingerprint density at radius 1 is 1.10 bits per heavy atom. The number of amidine groups is 1. The van der Waals surface area contributed by atoms with Crippen molar-refractivity contribution in [3.05, 3.63) is 78.5 Å². The third-order valence-electron chi connectivity index (χ3n) is 3.61. The van der Waals surface area contributed by atoms with E-state index in [1.54, 1.807) is 12.1 Å². The van der Waals surface area contributed by atoms with Crippen LogP contribution in [0.15, 0.2) is 72.2 Å². The normalized spacial score (nSPS) is 19.9. The van der Waals surface area contributed by atoms with Crippen LogP contribution in [0.4, 0.5) is 4.39 Å². The molecule has 21 heavy (non-hydrogen) atoms. The fourth-order valence-corrected chi connectivity index (χ4v) is 2.59. The molecule has 1 unspecified atom stereocenters. The average molecular weight is 280 g/mol. The first-order valence-electron chi connectivity index (χ1n) is 6.72. The molecule has 0 spiro atoms. The Hall–Kier alpha value is -2.82. The van der Waals surface area contributed by atoms with Gasteiger partial charge in [-0.15, -0.1) is 0 Å². The molecule has 4 rings (SSSR count). The molecule has 2 aromatic rings. The van der Waals surface area contributed by atoms with Crippen LogP contribution in [0.25, 0.3) is 5.70 Å². The summed E-state index contributed by atoms with van der Waals surface area (Å²) in [5.41, 5.74) is 5.08. The maximum atomic E-state index is 13.1. The number of benzene rings is 1. The molecular weight excluding hydrogens is 267 g/mol. The van der Waals surface area contributed by atoms with Crippen LogP contribution in [0.1, 0.15) is 11.7 Å². The number of aromatic nitrogens is 1. The number of fused-ring (bicyclic) bond motifs is 1. The van der Waals surface area contributed by atoms with Crippen molar-refractivity contribution in [1.82, 2.24) is 14.9 Å². The van der Waals surface area contributed by atoms with Crippen LogP contribution in [-0.2, 0) is 0 Å². The van der Waals surface area contributed by atoms with E-state index >= 15 is 0 Å². The zero-order valence-corrected chi connectivity index (χ0v) is 11.1. The summed E-state index contributed by atoms with van der Waals surface area (Å²) in [6.07, 6.45) is 9.83. The fraction of sp³-hybridized carbons (Fsp3) is 0.0625. The van der Waals surface area contributed by atoms with Gasteiger partial charge in [-0.1, -0.05) is 12.1 Å². The highest BCUT2D eigenvalue weighted by molar-refractivity contribution is 6.19. The number of rotatable bonds is 2. The molecule has 1 atom stereocenters. The van der Waals surface area contributed by atoms with Crippen LogP contribution in [0, 0.1) is 5.82 Å². The average Bonchev–Trinajstić information content (AvgIpc) is 3.17. The summed E-state index contributed by atoms with van der Waals surface area (Å²) in [5.74, 6) is 0.614. The van der Waals surface area contributed by atoms with E-state index in [1.807, 2.05) is 52.3 Å². The van der Waals surface area contributed by atoms with Crippen molar-refractivity contribution in [2.24, 2.45) is 5.10 Å². The van der Waals surface area contributed by atoms with Crippen LogP contribution in [0.2, 0.25) is 0 Å². The lowest BCUT2D eigenvalue weighted by Crippen LogP contribution is -2.31. The van der Waals surface area contributed by atoms with Gasteiger partial charge in [0.2, 0.25) is 0 Å². The SMILES string of the molecule is Fc1ccc(C2NN=C3C(n4cccc4)=CC=CN32)cc1. The number of nitrogens with zero attached hydrogens (tertiary/aromatic N) is 3. The lowest BCUT2D eigenvalue weighted by molar-refractivity contribution is 0.391. The molecule has 4 nitrogen and oxygen atoms in total. The molecular formula is C16H13FN4. The molecule has 0 radical (unpaired) electrons. The lowest BCUT2D eigenvalue weighted by atomic mass is 10.1. The first-order chi connectivity index (χ1) is 10.3. The van der Waals surface area contributed by atoms with Gasteiger partial charge in [-0.25, -0.2) is 4.39 Å². The molecule has 3 heterocycles. The number of hydrogen-bond donors (Lipinski definition) is 1. The Morgan fingerprint density at radius 3 is 2.62 bits per heavy atom. The minimum atomic E-state index is -0.236. The molecule has 104 valence electrons. The summed E-state index contributed by atoms with van der Waals surface area (Å²) in [6, 6.07) is 10.4. The Labute approximate surface area is 121 Å². The molecule has 5 heteroatoms. The van der Waals surface area contributed by atoms with E-state index in [2.05, 4.69) is 10.5 Å². The van der Waals surface area contributed by atoms with E-state index in [1.165, 1.54) is 12.1 Å². The fourth-order valence-electron chi connectivity index (χ4n) is 2.59. The summed E-state index contributed by atoms with van der Waals surface area (Å²) in [7, 11) is 0. The lowest BCUT2D eigenvalue weighted by Gasteiger charge is -2.27. The highest BCUT2D eigenvalue weighted by Crippen LogP contribution is 2.29. The Kier molecular flexibility index (Phi) is 2.64. The highest BCUT2D eigenvalue weighted by atomic mass is 19.1. The monoisotopic (exact) mass is 280 g/mol. The Morgan fingerprint density at radius 2 is 1.86 bits per heavy atom. The van der Waals surface area contributed by atoms with E-state index < -0.39 is 0 Å². The highest BCUT2D eigenvalue weighted by Gasteiger charge is 2.31. The van der Waals surface area contributed by atoms with Crippen molar-refractivity contribution in [3.63, 3.8) is 0 Å². The predicted molar refractivity (Wildman–Crippen MR) is 79.4 cm³/mol. The van der Waals surface area contributed by atoms with Crippen molar-refractivity contribution in [1.29, 1.82) is 0 Å². The topological polar surface area (TPSA) is 32.6 Å². The molecule has 2 aliphatic heterocycles. The van der Waals surface area contributed by atoms with Crippen molar-refractivity contribution in [2.45, 2.75) is 6.17 Å². The molecule has 1 aromatic carbocycles. The number of hydrogen-bond acceptors (Lipinski definition) is 3. The van der Waals surface area contributed by atoms with Crippen LogP contribution >= 0.6 is 0 Å². The quantitative estimate of drug-likeness (QED) is 0.917. The molecule has 0 amide bonds. The first kappa shape index (κ1) is 12.0. The van der Waals surface area contributed by atoms with Crippen molar-refractivity contribution >= 4 is 11.5 Å². The van der Waals surface area contributed by atoms with Gasteiger partial charge in [0, 0.05) is 18.6 Å². The maximum absolute atomic E-state index is 13.1. The summed E-state index contributed by atoms with van der Waals surface area (Å²) < 4.78 is 15.1. The number of halogens is 1. The van der Waals surface area contributed by atoms with Crippen molar-refractivity contribution in [3.8, 4) is 0 Å². The van der Waals surface area contributed by atoms with Gasteiger partial charge in [0.05, 0.1) is 5.70 Å². The third kappa shape index (κ3) is 1.94. The van der Waals surface area contributed by atoms with Gasteiger partial charge in [-0.3, -0.25) is 5.43 Å².